The predicted molar refractivity (Wildman–Crippen MR) is 82.8 cm³/mol. The number of piperidine rings is 1. The molecular weight excluding hydrogens is 288 g/mol. The molecular formula is C16H21ClN2O2. The number of halogens is 1. The molecule has 0 radical (unpaired) electrons. The van der Waals surface area contributed by atoms with E-state index >= 15 is 0 Å². The summed E-state index contributed by atoms with van der Waals surface area (Å²) in [5.74, 6) is 0.587. The summed E-state index contributed by atoms with van der Waals surface area (Å²) in [5, 5.41) is 13.1. The molecule has 0 spiro atoms. The van der Waals surface area contributed by atoms with Gasteiger partial charge in [0.2, 0.25) is 0 Å². The van der Waals surface area contributed by atoms with Gasteiger partial charge in [-0.05, 0) is 62.9 Å². The molecule has 21 heavy (non-hydrogen) atoms. The quantitative estimate of drug-likeness (QED) is 0.899. The zero-order chi connectivity index (χ0) is 14.8. The Morgan fingerprint density at radius 3 is 2.81 bits per heavy atom. The smallest absolute Gasteiger partial charge is 0.254 e. The molecule has 1 amide bonds. The number of phenols is 1. The second kappa shape index (κ2) is 6.24. The van der Waals surface area contributed by atoms with Crippen molar-refractivity contribution in [3.05, 3.63) is 28.8 Å². The van der Waals surface area contributed by atoms with Gasteiger partial charge in [0.15, 0.2) is 0 Å². The molecule has 2 N–H and O–H groups in total. The lowest BCUT2D eigenvalue weighted by atomic mass is 9.98. The molecule has 1 saturated heterocycles. The Morgan fingerprint density at radius 1 is 1.38 bits per heavy atom. The topological polar surface area (TPSA) is 52.6 Å². The number of phenolic OH excluding ortho intramolecular Hbond substituents is 1. The van der Waals surface area contributed by atoms with Gasteiger partial charge in [-0.2, -0.15) is 0 Å². The van der Waals surface area contributed by atoms with Gasteiger partial charge in [-0.25, -0.2) is 0 Å². The van der Waals surface area contributed by atoms with Gasteiger partial charge >= 0.3 is 0 Å². The highest BCUT2D eigenvalue weighted by molar-refractivity contribution is 6.32. The van der Waals surface area contributed by atoms with Crippen molar-refractivity contribution >= 4 is 17.5 Å². The van der Waals surface area contributed by atoms with Crippen LogP contribution >= 0.6 is 11.6 Å². The summed E-state index contributed by atoms with van der Waals surface area (Å²) < 4.78 is 0. The van der Waals surface area contributed by atoms with Gasteiger partial charge in [0.05, 0.1) is 5.02 Å². The average Bonchev–Trinajstić information content (AvgIpc) is 3.33. The molecule has 1 aliphatic carbocycles. The van der Waals surface area contributed by atoms with Crippen molar-refractivity contribution in [3.8, 4) is 5.75 Å². The molecule has 1 aliphatic heterocycles. The molecule has 1 saturated carbocycles. The third-order valence-electron chi connectivity index (χ3n) is 4.30. The van der Waals surface area contributed by atoms with E-state index in [1.807, 2.05) is 4.90 Å². The van der Waals surface area contributed by atoms with E-state index in [0.29, 0.717) is 17.5 Å². The molecule has 1 aromatic carbocycles. The van der Waals surface area contributed by atoms with Crippen molar-refractivity contribution in [2.24, 2.45) is 5.92 Å². The summed E-state index contributed by atoms with van der Waals surface area (Å²) >= 11 is 5.92. The van der Waals surface area contributed by atoms with Crippen LogP contribution in [-0.2, 0) is 0 Å². The van der Waals surface area contributed by atoms with E-state index < -0.39 is 0 Å². The molecule has 0 bridgehead atoms. The zero-order valence-corrected chi connectivity index (χ0v) is 12.8. The molecule has 3 rings (SSSR count). The van der Waals surface area contributed by atoms with E-state index in [9.17, 15) is 9.90 Å². The highest BCUT2D eigenvalue weighted by atomic mass is 35.5. The van der Waals surface area contributed by atoms with Crippen LogP contribution < -0.4 is 5.32 Å². The molecule has 0 aromatic heterocycles. The van der Waals surface area contributed by atoms with E-state index in [0.717, 1.165) is 32.5 Å². The first kappa shape index (κ1) is 14.7. The summed E-state index contributed by atoms with van der Waals surface area (Å²) in [6.45, 7) is 2.89. The van der Waals surface area contributed by atoms with Gasteiger partial charge in [0.1, 0.15) is 5.75 Å². The number of benzene rings is 1. The van der Waals surface area contributed by atoms with Gasteiger partial charge in [0.25, 0.3) is 5.91 Å². The SMILES string of the molecule is O=C(c1ccc(O)c(Cl)c1)N(CC1CCCNC1)C1CC1. The molecule has 4 nitrogen and oxygen atoms in total. The maximum absolute atomic E-state index is 12.7. The van der Waals surface area contributed by atoms with Crippen molar-refractivity contribution in [1.29, 1.82) is 0 Å². The van der Waals surface area contributed by atoms with Crippen LogP contribution in [0.15, 0.2) is 18.2 Å². The minimum absolute atomic E-state index is 0.0164. The monoisotopic (exact) mass is 308 g/mol. The van der Waals surface area contributed by atoms with E-state index in [-0.39, 0.29) is 16.7 Å². The van der Waals surface area contributed by atoms with Crippen LogP contribution in [0.3, 0.4) is 0 Å². The van der Waals surface area contributed by atoms with Crippen molar-refractivity contribution < 1.29 is 9.90 Å². The van der Waals surface area contributed by atoms with E-state index in [4.69, 9.17) is 11.6 Å². The molecule has 1 unspecified atom stereocenters. The summed E-state index contributed by atoms with van der Waals surface area (Å²) in [4.78, 5) is 14.7. The first-order valence-corrected chi connectivity index (χ1v) is 8.03. The summed E-state index contributed by atoms with van der Waals surface area (Å²) in [5.41, 5.74) is 0.563. The van der Waals surface area contributed by atoms with Crippen LogP contribution in [0.5, 0.6) is 5.75 Å². The fourth-order valence-electron chi connectivity index (χ4n) is 2.95. The molecule has 1 aromatic rings. The van der Waals surface area contributed by atoms with Crippen LogP contribution in [-0.4, -0.2) is 41.6 Å². The van der Waals surface area contributed by atoms with Gasteiger partial charge in [0, 0.05) is 18.2 Å². The molecule has 1 atom stereocenters. The Hall–Kier alpha value is -1.26. The summed E-state index contributed by atoms with van der Waals surface area (Å²) in [6, 6.07) is 5.08. The van der Waals surface area contributed by atoms with Crippen LogP contribution in [0.1, 0.15) is 36.0 Å². The van der Waals surface area contributed by atoms with Gasteiger partial charge in [-0.15, -0.1) is 0 Å². The van der Waals surface area contributed by atoms with Crippen molar-refractivity contribution in [2.45, 2.75) is 31.7 Å². The normalized spacial score (nSPS) is 22.0. The highest BCUT2D eigenvalue weighted by Gasteiger charge is 2.34. The Bertz CT molecular complexity index is 525. The third-order valence-corrected chi connectivity index (χ3v) is 4.60. The lowest BCUT2D eigenvalue weighted by molar-refractivity contribution is 0.0704. The van der Waals surface area contributed by atoms with E-state index in [1.54, 1.807) is 12.1 Å². The first-order valence-electron chi connectivity index (χ1n) is 7.65. The Balaban J connectivity index is 1.73. The Morgan fingerprint density at radius 2 is 2.19 bits per heavy atom. The minimum atomic E-state index is 0.0164. The van der Waals surface area contributed by atoms with E-state index in [2.05, 4.69) is 5.32 Å². The number of carbonyl (C=O) groups excluding carboxylic acids is 1. The number of carbonyl (C=O) groups is 1. The van der Waals surface area contributed by atoms with Crippen LogP contribution in [0, 0.1) is 5.92 Å². The fraction of sp³-hybridized carbons (Fsp3) is 0.562. The van der Waals surface area contributed by atoms with Crippen molar-refractivity contribution in [1.82, 2.24) is 10.2 Å². The standard InChI is InChI=1S/C16H21ClN2O2/c17-14-8-12(3-6-15(14)20)16(21)19(13-4-5-13)10-11-2-1-7-18-9-11/h3,6,8,11,13,18,20H,1-2,4-5,7,9-10H2. The van der Waals surface area contributed by atoms with Crippen LogP contribution in [0.4, 0.5) is 0 Å². The number of aromatic hydroxyl groups is 1. The first-order chi connectivity index (χ1) is 10.1. The number of nitrogens with zero attached hydrogens (tertiary/aromatic N) is 1. The molecule has 2 aliphatic rings. The minimum Gasteiger partial charge on any atom is -0.506 e. The number of hydrogen-bond donors (Lipinski definition) is 2. The Kier molecular flexibility index (Phi) is 4.36. The summed E-state index contributed by atoms with van der Waals surface area (Å²) in [6.07, 6.45) is 4.55. The van der Waals surface area contributed by atoms with Gasteiger partial charge < -0.3 is 15.3 Å². The fourth-order valence-corrected chi connectivity index (χ4v) is 3.13. The largest absolute Gasteiger partial charge is 0.506 e. The molecule has 2 fully saturated rings. The maximum atomic E-state index is 12.7. The summed E-state index contributed by atoms with van der Waals surface area (Å²) in [7, 11) is 0. The molecule has 1 heterocycles. The third kappa shape index (κ3) is 3.50. The molecule has 5 heteroatoms. The lowest BCUT2D eigenvalue weighted by Crippen LogP contribution is -2.42. The van der Waals surface area contributed by atoms with Gasteiger partial charge in [-0.3, -0.25) is 4.79 Å². The molecule has 114 valence electrons. The lowest BCUT2D eigenvalue weighted by Gasteiger charge is -2.30. The number of hydrogen-bond acceptors (Lipinski definition) is 3. The Labute approximate surface area is 130 Å². The van der Waals surface area contributed by atoms with Gasteiger partial charge in [-0.1, -0.05) is 11.6 Å². The second-order valence-corrected chi connectivity index (χ2v) is 6.47. The van der Waals surface area contributed by atoms with Crippen molar-refractivity contribution in [3.63, 3.8) is 0 Å². The maximum Gasteiger partial charge on any atom is 0.254 e. The predicted octanol–water partition coefficient (Wildman–Crippen LogP) is 2.65. The number of nitrogens with one attached hydrogen (secondary N) is 1. The van der Waals surface area contributed by atoms with Crippen molar-refractivity contribution in [2.75, 3.05) is 19.6 Å². The zero-order valence-electron chi connectivity index (χ0n) is 12.0. The van der Waals surface area contributed by atoms with Crippen LogP contribution in [0.2, 0.25) is 5.02 Å². The average molecular weight is 309 g/mol. The number of amides is 1. The number of rotatable bonds is 4. The second-order valence-electron chi connectivity index (χ2n) is 6.07. The van der Waals surface area contributed by atoms with E-state index in [1.165, 1.54) is 18.9 Å². The van der Waals surface area contributed by atoms with Crippen LogP contribution in [0.25, 0.3) is 0 Å². The highest BCUT2D eigenvalue weighted by Crippen LogP contribution is 2.31.